The van der Waals surface area contributed by atoms with Crippen LogP contribution in [0.25, 0.3) is 0 Å². The lowest BCUT2D eigenvalue weighted by molar-refractivity contribution is -0.169. The van der Waals surface area contributed by atoms with Crippen molar-refractivity contribution in [2.24, 2.45) is 45.3 Å². The Hall–Kier alpha value is -1.52. The van der Waals surface area contributed by atoms with Gasteiger partial charge in [0.05, 0.1) is 24.0 Å². The minimum Gasteiger partial charge on any atom is -0.392 e. The van der Waals surface area contributed by atoms with Crippen LogP contribution in [0.3, 0.4) is 0 Å². The van der Waals surface area contributed by atoms with Crippen molar-refractivity contribution in [3.63, 3.8) is 0 Å². The second-order valence-corrected chi connectivity index (χ2v) is 13.1. The summed E-state index contributed by atoms with van der Waals surface area (Å²) in [5, 5.41) is 23.4. The van der Waals surface area contributed by atoms with E-state index < -0.39 is 40.8 Å². The maximum Gasteiger partial charge on any atom is 0.145 e. The third-order valence-electron chi connectivity index (χ3n) is 11.8. The topological polar surface area (TPSA) is 74.6 Å². The molecule has 0 saturated heterocycles. The average Bonchev–Trinajstić information content (AvgIpc) is 3.07. The number of ketones is 2. The van der Waals surface area contributed by atoms with Gasteiger partial charge in [-0.2, -0.15) is 0 Å². The van der Waals surface area contributed by atoms with E-state index in [2.05, 4.69) is 41.5 Å². The third kappa shape index (κ3) is 2.66. The first kappa shape index (κ1) is 23.2. The fraction of sp³-hybridized carbons (Fsp3) is 0.724. The fourth-order valence-electron chi connectivity index (χ4n) is 8.76. The molecule has 2 N–H and O–H groups in total. The van der Waals surface area contributed by atoms with Crippen LogP contribution in [-0.2, 0) is 9.59 Å². The van der Waals surface area contributed by atoms with E-state index in [0.29, 0.717) is 0 Å². The molecule has 33 heavy (non-hydrogen) atoms. The summed E-state index contributed by atoms with van der Waals surface area (Å²) in [5.41, 5.74) is -0.746. The molecule has 4 heteroatoms. The molecule has 0 aromatic heterocycles. The van der Waals surface area contributed by atoms with Gasteiger partial charge in [0.15, 0.2) is 0 Å². The van der Waals surface area contributed by atoms with Gasteiger partial charge in [0, 0.05) is 16.7 Å². The Labute approximate surface area is 198 Å². The van der Waals surface area contributed by atoms with Crippen LogP contribution < -0.4 is 0 Å². The summed E-state index contributed by atoms with van der Waals surface area (Å²) >= 11 is 0. The molecule has 0 radical (unpaired) electrons. The van der Waals surface area contributed by atoms with Crippen molar-refractivity contribution in [3.05, 3.63) is 35.9 Å². The molecule has 180 valence electrons. The molecule has 0 amide bonds. The van der Waals surface area contributed by atoms with Crippen LogP contribution in [0.4, 0.5) is 0 Å². The lowest BCUT2D eigenvalue weighted by atomic mass is 9.48. The summed E-state index contributed by atoms with van der Waals surface area (Å²) in [5.74, 6) is -1.69. The highest BCUT2D eigenvalue weighted by Gasteiger charge is 2.70. The summed E-state index contributed by atoms with van der Waals surface area (Å²) in [4.78, 5) is 28.5. The molecule has 4 aliphatic carbocycles. The molecule has 4 bridgehead atoms. The smallest absolute Gasteiger partial charge is 0.145 e. The van der Waals surface area contributed by atoms with E-state index in [0.717, 1.165) is 31.2 Å². The van der Waals surface area contributed by atoms with Crippen LogP contribution in [-0.4, -0.2) is 34.0 Å². The maximum absolute atomic E-state index is 14.2. The van der Waals surface area contributed by atoms with E-state index in [4.69, 9.17) is 0 Å². The lowest BCUT2D eigenvalue weighted by Gasteiger charge is -2.56. The second kappa shape index (κ2) is 7.01. The van der Waals surface area contributed by atoms with Crippen molar-refractivity contribution in [2.75, 3.05) is 0 Å². The number of carbonyl (C=O) groups excluding carboxylic acids is 2. The SMILES string of the molecule is CC1(C)[C@H]2CC[C@]1(C)C(=O)[C@H](C(c1ccccc1)[C@@H]1C(=O)[C@@]3(C)CC[C@@H]([C@@H]1O)C3(C)C)[C@H]2O. The van der Waals surface area contributed by atoms with E-state index in [1.54, 1.807) is 0 Å². The van der Waals surface area contributed by atoms with Gasteiger partial charge in [0.25, 0.3) is 0 Å². The first-order valence-corrected chi connectivity index (χ1v) is 12.8. The number of hydrogen-bond acceptors (Lipinski definition) is 4. The molecule has 4 aliphatic rings. The van der Waals surface area contributed by atoms with Crippen LogP contribution in [0, 0.1) is 45.3 Å². The highest BCUT2D eigenvalue weighted by molar-refractivity contribution is 5.94. The molecule has 0 aliphatic heterocycles. The minimum atomic E-state index is -0.811. The lowest BCUT2D eigenvalue weighted by Crippen LogP contribution is -2.62. The number of fused-ring (bicyclic) bond motifs is 4. The maximum atomic E-state index is 14.2. The zero-order chi connectivity index (χ0) is 24.1. The molecule has 1 unspecified atom stereocenters. The molecule has 4 saturated carbocycles. The summed E-state index contributed by atoms with van der Waals surface area (Å²) in [6.07, 6.45) is 1.56. The number of Topliss-reactive ketones (excluding diaryl/α,β-unsaturated/α-hetero) is 2. The van der Waals surface area contributed by atoms with Crippen LogP contribution in [0.2, 0.25) is 0 Å². The van der Waals surface area contributed by atoms with E-state index in [1.807, 2.05) is 30.3 Å². The predicted octanol–water partition coefficient (Wildman–Crippen LogP) is 4.77. The fourth-order valence-corrected chi connectivity index (χ4v) is 8.76. The van der Waals surface area contributed by atoms with E-state index in [-0.39, 0.29) is 34.2 Å². The Kier molecular flexibility index (Phi) is 4.93. The molecule has 9 atom stereocenters. The van der Waals surface area contributed by atoms with Gasteiger partial charge in [0.1, 0.15) is 11.6 Å². The Morgan fingerprint density at radius 3 is 1.52 bits per heavy atom. The van der Waals surface area contributed by atoms with Crippen LogP contribution in [0.5, 0.6) is 0 Å². The monoisotopic (exact) mass is 452 g/mol. The number of hydrogen-bond donors (Lipinski definition) is 2. The minimum absolute atomic E-state index is 0.0102. The van der Waals surface area contributed by atoms with E-state index >= 15 is 0 Å². The second-order valence-electron chi connectivity index (χ2n) is 13.1. The number of rotatable bonds is 3. The standard InChI is InChI=1S/C29H40O4/c1-26(2)17-12-14-28(26,5)24(32)20(22(17)30)19(16-10-8-7-9-11-16)21-23(31)18-13-15-29(6,25(21)33)27(18,3)4/h7-11,17-23,30-31H,12-15H2,1-6H3/t17-,18-,19?,20-,21+,22-,23-,28+,29+/m0/s1. The number of aliphatic hydroxyl groups excluding tert-OH is 2. The molecule has 4 fully saturated rings. The predicted molar refractivity (Wildman–Crippen MR) is 127 cm³/mol. The average molecular weight is 453 g/mol. The van der Waals surface area contributed by atoms with Crippen molar-refractivity contribution in [3.8, 4) is 0 Å². The van der Waals surface area contributed by atoms with Crippen LogP contribution in [0.15, 0.2) is 30.3 Å². The van der Waals surface area contributed by atoms with Crippen LogP contribution in [0.1, 0.15) is 78.7 Å². The molecular formula is C29H40O4. The molecule has 4 nitrogen and oxygen atoms in total. The van der Waals surface area contributed by atoms with E-state index in [9.17, 15) is 19.8 Å². The summed E-state index contributed by atoms with van der Waals surface area (Å²) < 4.78 is 0. The highest BCUT2D eigenvalue weighted by atomic mass is 16.3. The largest absolute Gasteiger partial charge is 0.392 e. The van der Waals surface area contributed by atoms with Gasteiger partial charge in [-0.15, -0.1) is 0 Å². The van der Waals surface area contributed by atoms with Crippen molar-refractivity contribution in [1.82, 2.24) is 0 Å². The highest BCUT2D eigenvalue weighted by Crippen LogP contribution is 2.68. The Bertz CT molecular complexity index is 921. The summed E-state index contributed by atoms with van der Waals surface area (Å²) in [6.45, 7) is 12.6. The van der Waals surface area contributed by atoms with Crippen molar-refractivity contribution in [2.45, 2.75) is 85.4 Å². The molecule has 0 spiro atoms. The number of benzene rings is 1. The number of carbonyl (C=O) groups is 2. The van der Waals surface area contributed by atoms with Crippen molar-refractivity contribution < 1.29 is 19.8 Å². The van der Waals surface area contributed by atoms with Crippen LogP contribution >= 0.6 is 0 Å². The zero-order valence-corrected chi connectivity index (χ0v) is 21.0. The molecule has 1 aromatic rings. The Morgan fingerprint density at radius 2 is 1.12 bits per heavy atom. The van der Waals surface area contributed by atoms with Gasteiger partial charge >= 0.3 is 0 Å². The Morgan fingerprint density at radius 1 is 0.727 bits per heavy atom. The molecule has 1 aromatic carbocycles. The van der Waals surface area contributed by atoms with Gasteiger partial charge in [-0.3, -0.25) is 9.59 Å². The summed E-state index contributed by atoms with van der Waals surface area (Å²) in [7, 11) is 0. The van der Waals surface area contributed by atoms with Crippen molar-refractivity contribution in [1.29, 1.82) is 0 Å². The van der Waals surface area contributed by atoms with E-state index in [1.165, 1.54) is 0 Å². The number of aliphatic hydroxyl groups is 2. The zero-order valence-electron chi connectivity index (χ0n) is 21.0. The Balaban J connectivity index is 1.67. The normalized spacial score (nSPS) is 46.4. The third-order valence-corrected chi connectivity index (χ3v) is 11.8. The van der Waals surface area contributed by atoms with Gasteiger partial charge in [-0.25, -0.2) is 0 Å². The molecular weight excluding hydrogens is 412 g/mol. The van der Waals surface area contributed by atoms with Gasteiger partial charge in [-0.05, 0) is 53.9 Å². The first-order valence-electron chi connectivity index (χ1n) is 12.8. The first-order chi connectivity index (χ1) is 15.3. The molecule has 5 rings (SSSR count). The summed E-state index contributed by atoms with van der Waals surface area (Å²) in [6, 6.07) is 9.74. The van der Waals surface area contributed by atoms with Gasteiger partial charge < -0.3 is 10.2 Å². The van der Waals surface area contributed by atoms with Gasteiger partial charge in [0.2, 0.25) is 0 Å². The quantitative estimate of drug-likeness (QED) is 0.692. The van der Waals surface area contributed by atoms with Crippen molar-refractivity contribution >= 4 is 11.6 Å². The molecule has 0 heterocycles. The van der Waals surface area contributed by atoms with Gasteiger partial charge in [-0.1, -0.05) is 71.9 Å².